The molecular formula is C11H18N6O2S. The number of aromatic amines is 1. The lowest BCUT2D eigenvalue weighted by Gasteiger charge is -2.04. The number of nitrogens with two attached hydrogens (primary N) is 1. The van der Waals surface area contributed by atoms with Crippen LogP contribution in [0, 0.1) is 0 Å². The van der Waals surface area contributed by atoms with E-state index in [1.54, 1.807) is 12.4 Å². The quantitative estimate of drug-likeness (QED) is 0.627. The van der Waals surface area contributed by atoms with Crippen LogP contribution in [0.15, 0.2) is 23.5 Å². The molecule has 0 amide bonds. The first-order chi connectivity index (χ1) is 9.53. The van der Waals surface area contributed by atoms with Gasteiger partial charge in [-0.25, -0.2) is 18.1 Å². The van der Waals surface area contributed by atoms with Gasteiger partial charge in [0.05, 0.1) is 0 Å². The van der Waals surface area contributed by atoms with Crippen molar-refractivity contribution in [2.24, 2.45) is 0 Å². The van der Waals surface area contributed by atoms with Crippen molar-refractivity contribution in [2.75, 3.05) is 12.3 Å². The summed E-state index contributed by atoms with van der Waals surface area (Å²) in [5.41, 5.74) is 5.62. The molecule has 0 aliphatic rings. The summed E-state index contributed by atoms with van der Waals surface area (Å²) in [6.45, 7) is 2.75. The van der Waals surface area contributed by atoms with Crippen LogP contribution < -0.4 is 10.5 Å². The molecule has 0 atom stereocenters. The molecule has 9 heteroatoms. The maximum absolute atomic E-state index is 12.1. The van der Waals surface area contributed by atoms with Gasteiger partial charge >= 0.3 is 0 Å². The number of anilines is 1. The summed E-state index contributed by atoms with van der Waals surface area (Å²) in [6, 6.07) is 0. The highest BCUT2D eigenvalue weighted by atomic mass is 32.2. The van der Waals surface area contributed by atoms with Crippen molar-refractivity contribution < 1.29 is 8.42 Å². The molecule has 2 heterocycles. The molecule has 0 radical (unpaired) electrons. The Hall–Kier alpha value is -1.87. The molecule has 110 valence electrons. The minimum Gasteiger partial charge on any atom is -0.381 e. The number of sulfonamides is 1. The standard InChI is InChI=1S/C11H18N6O2S/c1-2-17-8-9(11(12)16-17)20(18,19)15-5-3-4-10-13-6-7-14-10/h6-8,15H,2-5H2,1H3,(H2,12,16)(H,13,14). The molecule has 0 aliphatic carbocycles. The number of H-pyrrole nitrogens is 1. The molecular weight excluding hydrogens is 280 g/mol. The lowest BCUT2D eigenvalue weighted by molar-refractivity contribution is 0.578. The Morgan fingerprint density at radius 1 is 1.50 bits per heavy atom. The Labute approximate surface area is 117 Å². The molecule has 0 aromatic carbocycles. The summed E-state index contributed by atoms with van der Waals surface area (Å²) in [7, 11) is -3.61. The first-order valence-corrected chi connectivity index (χ1v) is 7.82. The Kier molecular flexibility index (Phi) is 4.40. The largest absolute Gasteiger partial charge is 0.381 e. The fraction of sp³-hybridized carbons (Fsp3) is 0.455. The van der Waals surface area contributed by atoms with Crippen molar-refractivity contribution in [2.45, 2.75) is 31.2 Å². The van der Waals surface area contributed by atoms with Crippen LogP contribution in [-0.4, -0.2) is 34.7 Å². The van der Waals surface area contributed by atoms with Crippen molar-refractivity contribution in [3.63, 3.8) is 0 Å². The number of hydrogen-bond acceptors (Lipinski definition) is 5. The normalized spacial score (nSPS) is 11.8. The van der Waals surface area contributed by atoms with Gasteiger partial charge in [0.2, 0.25) is 10.0 Å². The molecule has 0 fully saturated rings. The summed E-state index contributed by atoms with van der Waals surface area (Å²) in [5, 5.41) is 3.92. The first-order valence-electron chi connectivity index (χ1n) is 6.33. The van der Waals surface area contributed by atoms with E-state index in [4.69, 9.17) is 5.73 Å². The first kappa shape index (κ1) is 14.5. The molecule has 20 heavy (non-hydrogen) atoms. The van der Waals surface area contributed by atoms with E-state index in [1.165, 1.54) is 10.9 Å². The smallest absolute Gasteiger partial charge is 0.245 e. The Balaban J connectivity index is 1.91. The highest BCUT2D eigenvalue weighted by Crippen LogP contribution is 2.15. The summed E-state index contributed by atoms with van der Waals surface area (Å²) in [6.07, 6.45) is 6.16. The molecule has 2 aromatic heterocycles. The third-order valence-corrected chi connectivity index (χ3v) is 4.28. The molecule has 2 aromatic rings. The van der Waals surface area contributed by atoms with Crippen molar-refractivity contribution in [3.8, 4) is 0 Å². The zero-order chi connectivity index (χ0) is 14.6. The highest BCUT2D eigenvalue weighted by molar-refractivity contribution is 7.89. The summed E-state index contributed by atoms with van der Waals surface area (Å²) < 4.78 is 28.2. The van der Waals surface area contributed by atoms with Gasteiger partial charge < -0.3 is 10.7 Å². The van der Waals surface area contributed by atoms with Crippen LogP contribution in [-0.2, 0) is 23.0 Å². The Morgan fingerprint density at radius 3 is 2.90 bits per heavy atom. The third-order valence-electron chi connectivity index (χ3n) is 2.81. The van der Waals surface area contributed by atoms with Gasteiger partial charge in [0.15, 0.2) is 5.82 Å². The summed E-state index contributed by atoms with van der Waals surface area (Å²) in [4.78, 5) is 7.06. The fourth-order valence-electron chi connectivity index (χ4n) is 1.76. The number of nitrogens with zero attached hydrogens (tertiary/aromatic N) is 3. The SMILES string of the molecule is CCn1cc(S(=O)(=O)NCCCc2ncc[nH]2)c(N)n1. The van der Waals surface area contributed by atoms with E-state index >= 15 is 0 Å². The third kappa shape index (κ3) is 3.36. The maximum atomic E-state index is 12.1. The second-order valence-electron chi connectivity index (χ2n) is 4.27. The number of nitrogens with one attached hydrogen (secondary N) is 2. The topological polar surface area (TPSA) is 119 Å². The number of aromatic nitrogens is 4. The average molecular weight is 298 g/mol. The van der Waals surface area contributed by atoms with E-state index < -0.39 is 10.0 Å². The molecule has 0 spiro atoms. The molecule has 8 nitrogen and oxygen atoms in total. The van der Waals surface area contributed by atoms with Gasteiger partial charge in [-0.1, -0.05) is 0 Å². The van der Waals surface area contributed by atoms with Crippen molar-refractivity contribution in [3.05, 3.63) is 24.4 Å². The van der Waals surface area contributed by atoms with Crippen LogP contribution in [0.4, 0.5) is 5.82 Å². The van der Waals surface area contributed by atoms with E-state index in [0.717, 1.165) is 5.82 Å². The van der Waals surface area contributed by atoms with E-state index in [2.05, 4.69) is 19.8 Å². The fourth-order valence-corrected chi connectivity index (χ4v) is 2.91. The minimum atomic E-state index is -3.61. The number of hydrogen-bond donors (Lipinski definition) is 3. The van der Waals surface area contributed by atoms with Gasteiger partial charge in [-0.3, -0.25) is 4.68 Å². The van der Waals surface area contributed by atoms with Crippen LogP contribution in [0.3, 0.4) is 0 Å². The molecule has 0 aliphatic heterocycles. The number of imidazole rings is 1. The predicted molar refractivity (Wildman–Crippen MR) is 74.4 cm³/mol. The lowest BCUT2D eigenvalue weighted by atomic mass is 10.3. The van der Waals surface area contributed by atoms with Gasteiger partial charge in [0.1, 0.15) is 10.7 Å². The molecule has 0 bridgehead atoms. The average Bonchev–Trinajstić information content (AvgIpc) is 3.04. The summed E-state index contributed by atoms with van der Waals surface area (Å²) in [5.74, 6) is 0.855. The number of aryl methyl sites for hydroxylation is 2. The minimum absolute atomic E-state index is 0.0189. The van der Waals surface area contributed by atoms with Crippen molar-refractivity contribution in [1.82, 2.24) is 24.5 Å². The zero-order valence-electron chi connectivity index (χ0n) is 11.2. The molecule has 0 saturated heterocycles. The number of nitrogen functional groups attached to an aromatic ring is 1. The Morgan fingerprint density at radius 2 is 2.30 bits per heavy atom. The van der Waals surface area contributed by atoms with Crippen molar-refractivity contribution >= 4 is 15.8 Å². The summed E-state index contributed by atoms with van der Waals surface area (Å²) >= 11 is 0. The molecule has 0 saturated carbocycles. The van der Waals surface area contributed by atoms with E-state index in [9.17, 15) is 8.42 Å². The molecule has 2 rings (SSSR count). The van der Waals surface area contributed by atoms with Crippen LogP contribution in [0.2, 0.25) is 0 Å². The van der Waals surface area contributed by atoms with Gasteiger partial charge in [-0.2, -0.15) is 5.10 Å². The van der Waals surface area contributed by atoms with Crippen molar-refractivity contribution in [1.29, 1.82) is 0 Å². The maximum Gasteiger partial charge on any atom is 0.245 e. The second kappa shape index (κ2) is 6.06. The van der Waals surface area contributed by atoms with Crippen LogP contribution in [0.25, 0.3) is 0 Å². The second-order valence-corrected chi connectivity index (χ2v) is 6.01. The monoisotopic (exact) mass is 298 g/mol. The lowest BCUT2D eigenvalue weighted by Crippen LogP contribution is -2.25. The van der Waals surface area contributed by atoms with Gasteiger partial charge in [0.25, 0.3) is 0 Å². The predicted octanol–water partition coefficient (Wildman–Crippen LogP) is 0.119. The van der Waals surface area contributed by atoms with Gasteiger partial charge in [0, 0.05) is 38.1 Å². The Bertz CT molecular complexity index is 647. The van der Waals surface area contributed by atoms with Gasteiger partial charge in [-0.05, 0) is 13.3 Å². The zero-order valence-corrected chi connectivity index (χ0v) is 12.0. The molecule has 4 N–H and O–H groups in total. The number of rotatable bonds is 7. The highest BCUT2D eigenvalue weighted by Gasteiger charge is 2.20. The van der Waals surface area contributed by atoms with Crippen LogP contribution >= 0.6 is 0 Å². The van der Waals surface area contributed by atoms with Crippen LogP contribution in [0.1, 0.15) is 19.2 Å². The van der Waals surface area contributed by atoms with Gasteiger partial charge in [-0.15, -0.1) is 0 Å². The van der Waals surface area contributed by atoms with E-state index in [0.29, 0.717) is 25.9 Å². The molecule has 0 unspecified atom stereocenters. The van der Waals surface area contributed by atoms with E-state index in [-0.39, 0.29) is 10.7 Å². The van der Waals surface area contributed by atoms with E-state index in [1.807, 2.05) is 6.92 Å². The van der Waals surface area contributed by atoms with Crippen LogP contribution in [0.5, 0.6) is 0 Å².